The highest BCUT2D eigenvalue weighted by molar-refractivity contribution is 5.89. The summed E-state index contributed by atoms with van der Waals surface area (Å²) in [5.74, 6) is 0.130. The van der Waals surface area contributed by atoms with Gasteiger partial charge < -0.3 is 19.0 Å². The number of ether oxygens (including phenoxy) is 1. The van der Waals surface area contributed by atoms with Crippen LogP contribution in [0.3, 0.4) is 0 Å². The van der Waals surface area contributed by atoms with E-state index in [9.17, 15) is 9.59 Å². The maximum absolute atomic E-state index is 12.2. The summed E-state index contributed by atoms with van der Waals surface area (Å²) in [5.41, 5.74) is 0. The van der Waals surface area contributed by atoms with Gasteiger partial charge in [-0.1, -0.05) is 0 Å². The van der Waals surface area contributed by atoms with Crippen LogP contribution in [0.4, 0.5) is 0 Å². The largest absolute Gasteiger partial charge is 0.417 e. The van der Waals surface area contributed by atoms with E-state index < -0.39 is 0 Å². The molecule has 2 saturated heterocycles. The van der Waals surface area contributed by atoms with E-state index in [1.165, 1.54) is 0 Å². The predicted octanol–water partition coefficient (Wildman–Crippen LogP) is -0.159. The van der Waals surface area contributed by atoms with Crippen molar-refractivity contribution in [1.29, 1.82) is 0 Å². The maximum atomic E-state index is 12.2. The van der Waals surface area contributed by atoms with E-state index >= 15 is 0 Å². The average molecular weight is 294 g/mol. The maximum Gasteiger partial charge on any atom is 0.311 e. The first-order chi connectivity index (χ1) is 10.1. The Morgan fingerprint density at radius 1 is 1.14 bits per heavy atom. The van der Waals surface area contributed by atoms with Crippen molar-refractivity contribution in [3.63, 3.8) is 0 Å². The monoisotopic (exact) mass is 294 g/mol. The third-order valence-corrected chi connectivity index (χ3v) is 3.79. The highest BCUT2D eigenvalue weighted by Crippen LogP contribution is 2.16. The fraction of sp³-hybridized carbons (Fsp3) is 0.692. The van der Waals surface area contributed by atoms with Gasteiger partial charge >= 0.3 is 11.8 Å². The number of aromatic nitrogens is 2. The van der Waals surface area contributed by atoms with Gasteiger partial charge in [0.05, 0.1) is 0 Å². The molecule has 0 aromatic carbocycles. The third kappa shape index (κ3) is 2.90. The molecule has 2 fully saturated rings. The van der Waals surface area contributed by atoms with Crippen molar-refractivity contribution < 1.29 is 18.7 Å². The minimum atomic E-state index is -0.300. The van der Waals surface area contributed by atoms with Crippen LogP contribution in [0.15, 0.2) is 4.42 Å². The van der Waals surface area contributed by atoms with Crippen molar-refractivity contribution in [3.8, 4) is 0 Å². The van der Waals surface area contributed by atoms with E-state index in [1.54, 1.807) is 16.7 Å². The summed E-state index contributed by atoms with van der Waals surface area (Å²) in [5, 5.41) is 7.38. The number of carbonyl (C=O) groups excluding carboxylic acids is 2. The van der Waals surface area contributed by atoms with Gasteiger partial charge in [0, 0.05) is 39.7 Å². The molecule has 2 amide bonds. The molecule has 8 nitrogen and oxygen atoms in total. The van der Waals surface area contributed by atoms with Gasteiger partial charge in [-0.3, -0.25) is 9.59 Å². The van der Waals surface area contributed by atoms with E-state index in [0.29, 0.717) is 38.7 Å². The number of hydrogen-bond acceptors (Lipinski definition) is 6. The van der Waals surface area contributed by atoms with Crippen LogP contribution in [0, 0.1) is 6.92 Å². The summed E-state index contributed by atoms with van der Waals surface area (Å²) < 4.78 is 10.5. The molecule has 0 aliphatic carbocycles. The Bertz CT molecular complexity index is 530. The molecule has 3 rings (SSSR count). The van der Waals surface area contributed by atoms with Crippen molar-refractivity contribution in [1.82, 2.24) is 20.0 Å². The fourth-order valence-corrected chi connectivity index (χ4v) is 2.62. The molecular weight excluding hydrogens is 276 g/mol. The van der Waals surface area contributed by atoms with Crippen LogP contribution < -0.4 is 0 Å². The summed E-state index contributed by atoms with van der Waals surface area (Å²) in [6.45, 7) is 4.26. The summed E-state index contributed by atoms with van der Waals surface area (Å²) in [4.78, 5) is 27.7. The summed E-state index contributed by atoms with van der Waals surface area (Å²) in [7, 11) is 0. The lowest BCUT2D eigenvalue weighted by molar-refractivity contribution is -0.142. The Labute approximate surface area is 122 Å². The van der Waals surface area contributed by atoms with E-state index in [-0.39, 0.29) is 23.8 Å². The SMILES string of the molecule is Cc1nnc(C(=O)N2CCN(C(=O)C3CCCO3)CC2)o1. The van der Waals surface area contributed by atoms with Crippen molar-refractivity contribution >= 4 is 11.8 Å². The Balaban J connectivity index is 1.55. The number of hydrogen-bond donors (Lipinski definition) is 0. The average Bonchev–Trinajstić information content (AvgIpc) is 3.17. The first kappa shape index (κ1) is 14.0. The van der Waals surface area contributed by atoms with E-state index in [0.717, 1.165) is 12.8 Å². The number of aryl methyl sites for hydroxylation is 1. The molecule has 114 valence electrons. The normalized spacial score (nSPS) is 22.6. The second-order valence-electron chi connectivity index (χ2n) is 5.25. The number of piperazine rings is 1. The van der Waals surface area contributed by atoms with Crippen molar-refractivity contribution in [2.24, 2.45) is 0 Å². The lowest BCUT2D eigenvalue weighted by Gasteiger charge is -2.35. The van der Waals surface area contributed by atoms with Crippen LogP contribution in [-0.2, 0) is 9.53 Å². The van der Waals surface area contributed by atoms with Gasteiger partial charge in [-0.15, -0.1) is 10.2 Å². The number of nitrogens with zero attached hydrogens (tertiary/aromatic N) is 4. The topological polar surface area (TPSA) is 88.8 Å². The van der Waals surface area contributed by atoms with E-state index in [2.05, 4.69) is 10.2 Å². The predicted molar refractivity (Wildman–Crippen MR) is 70.5 cm³/mol. The highest BCUT2D eigenvalue weighted by atomic mass is 16.5. The highest BCUT2D eigenvalue weighted by Gasteiger charge is 2.32. The van der Waals surface area contributed by atoms with Crippen LogP contribution in [0.1, 0.15) is 29.4 Å². The molecule has 0 saturated carbocycles. The molecule has 8 heteroatoms. The number of amides is 2. The van der Waals surface area contributed by atoms with Crippen molar-refractivity contribution in [2.45, 2.75) is 25.9 Å². The second-order valence-corrected chi connectivity index (χ2v) is 5.25. The lowest BCUT2D eigenvalue weighted by Crippen LogP contribution is -2.52. The van der Waals surface area contributed by atoms with Crippen molar-refractivity contribution in [2.75, 3.05) is 32.8 Å². The number of carbonyl (C=O) groups is 2. The van der Waals surface area contributed by atoms with Crippen LogP contribution >= 0.6 is 0 Å². The van der Waals surface area contributed by atoms with E-state index in [4.69, 9.17) is 9.15 Å². The molecular formula is C13H18N4O4. The molecule has 1 aromatic rings. The molecule has 3 heterocycles. The summed E-state index contributed by atoms with van der Waals surface area (Å²) >= 11 is 0. The quantitative estimate of drug-likeness (QED) is 0.753. The minimum Gasteiger partial charge on any atom is -0.417 e. The second kappa shape index (κ2) is 5.80. The molecule has 0 N–H and O–H groups in total. The Morgan fingerprint density at radius 3 is 2.43 bits per heavy atom. The summed E-state index contributed by atoms with van der Waals surface area (Å²) in [6, 6.07) is 0. The fourth-order valence-electron chi connectivity index (χ4n) is 2.62. The van der Waals surface area contributed by atoms with Gasteiger partial charge in [-0.05, 0) is 12.8 Å². The molecule has 1 unspecified atom stereocenters. The first-order valence-electron chi connectivity index (χ1n) is 7.15. The lowest BCUT2D eigenvalue weighted by atomic mass is 10.2. The standard InChI is InChI=1S/C13H18N4O4/c1-9-14-15-11(21-9)13(19)17-6-4-16(5-7-17)12(18)10-3-2-8-20-10/h10H,2-8H2,1H3. The van der Waals surface area contributed by atoms with Gasteiger partial charge in [0.1, 0.15) is 6.10 Å². The van der Waals surface area contributed by atoms with Crippen LogP contribution in [0.5, 0.6) is 0 Å². The zero-order chi connectivity index (χ0) is 14.8. The van der Waals surface area contributed by atoms with Gasteiger partial charge in [-0.2, -0.15) is 0 Å². The zero-order valence-corrected chi connectivity index (χ0v) is 11.9. The van der Waals surface area contributed by atoms with Crippen LogP contribution in [0.2, 0.25) is 0 Å². The van der Waals surface area contributed by atoms with Gasteiger partial charge in [-0.25, -0.2) is 0 Å². The van der Waals surface area contributed by atoms with Gasteiger partial charge in [0.2, 0.25) is 5.89 Å². The van der Waals surface area contributed by atoms with Gasteiger partial charge in [0.15, 0.2) is 0 Å². The smallest absolute Gasteiger partial charge is 0.311 e. The van der Waals surface area contributed by atoms with Crippen molar-refractivity contribution in [3.05, 3.63) is 11.8 Å². The number of rotatable bonds is 2. The molecule has 1 atom stereocenters. The first-order valence-corrected chi connectivity index (χ1v) is 7.15. The van der Waals surface area contributed by atoms with Crippen LogP contribution in [-0.4, -0.2) is 70.7 Å². The Kier molecular flexibility index (Phi) is 3.87. The molecule has 0 bridgehead atoms. The Morgan fingerprint density at radius 2 is 1.86 bits per heavy atom. The zero-order valence-electron chi connectivity index (χ0n) is 11.9. The van der Waals surface area contributed by atoms with Crippen LogP contribution in [0.25, 0.3) is 0 Å². The molecule has 2 aliphatic heterocycles. The molecule has 21 heavy (non-hydrogen) atoms. The summed E-state index contributed by atoms with van der Waals surface area (Å²) in [6.07, 6.45) is 1.43. The molecule has 0 spiro atoms. The Hall–Kier alpha value is -1.96. The van der Waals surface area contributed by atoms with Gasteiger partial charge in [0.25, 0.3) is 5.91 Å². The minimum absolute atomic E-state index is 0.00593. The van der Waals surface area contributed by atoms with E-state index in [1.807, 2.05) is 0 Å². The molecule has 2 aliphatic rings. The third-order valence-electron chi connectivity index (χ3n) is 3.79. The molecule has 1 aromatic heterocycles. The molecule has 0 radical (unpaired) electrons.